The molecule has 1 aliphatic rings. The lowest BCUT2D eigenvalue weighted by molar-refractivity contribution is -0.140. The summed E-state index contributed by atoms with van der Waals surface area (Å²) >= 11 is 0. The molecule has 1 unspecified atom stereocenters. The van der Waals surface area contributed by atoms with Gasteiger partial charge in [-0.25, -0.2) is 0 Å². The molecule has 4 nitrogen and oxygen atoms in total. The van der Waals surface area contributed by atoms with Crippen LogP contribution in [-0.4, -0.2) is 25.5 Å². The minimum absolute atomic E-state index is 0.00881. The number of carbonyl (C=O) groups is 2. The van der Waals surface area contributed by atoms with Gasteiger partial charge < -0.3 is 9.47 Å². The molecule has 3 rings (SSSR count). The molecule has 0 saturated heterocycles. The highest BCUT2D eigenvalue weighted by atomic mass is 16.5. The van der Waals surface area contributed by atoms with Crippen LogP contribution in [0.25, 0.3) is 0 Å². The molecule has 0 spiro atoms. The first kappa shape index (κ1) is 21.1. The van der Waals surface area contributed by atoms with E-state index in [0.29, 0.717) is 24.5 Å². The van der Waals surface area contributed by atoms with Crippen LogP contribution >= 0.6 is 0 Å². The average Bonchev–Trinajstić information content (AvgIpc) is 3.27. The van der Waals surface area contributed by atoms with Gasteiger partial charge in [-0.2, -0.15) is 0 Å². The van der Waals surface area contributed by atoms with Crippen molar-refractivity contribution < 1.29 is 19.1 Å². The van der Waals surface area contributed by atoms with E-state index in [1.54, 1.807) is 0 Å². The number of aryl methyl sites for hydroxylation is 1. The van der Waals surface area contributed by atoms with Gasteiger partial charge in [0.05, 0.1) is 13.7 Å². The molecule has 1 atom stereocenters. The molecule has 4 heteroatoms. The van der Waals surface area contributed by atoms with Crippen LogP contribution in [0.5, 0.6) is 5.75 Å². The van der Waals surface area contributed by atoms with Gasteiger partial charge in [-0.3, -0.25) is 9.59 Å². The highest BCUT2D eigenvalue weighted by molar-refractivity contribution is 6.01. The van der Waals surface area contributed by atoms with Crippen molar-refractivity contribution in [1.82, 2.24) is 0 Å². The van der Waals surface area contributed by atoms with E-state index in [-0.39, 0.29) is 24.1 Å². The summed E-state index contributed by atoms with van der Waals surface area (Å²) in [6.45, 7) is 2.70. The fraction of sp³-hybridized carbons (Fsp3) is 0.440. The van der Waals surface area contributed by atoms with Gasteiger partial charge in [-0.1, -0.05) is 49.2 Å². The van der Waals surface area contributed by atoms with Crippen molar-refractivity contribution in [2.45, 2.75) is 51.4 Å². The Bertz CT molecular complexity index is 836. The van der Waals surface area contributed by atoms with E-state index < -0.39 is 0 Å². The Kier molecular flexibility index (Phi) is 7.45. The molecule has 2 aromatic rings. The average molecular weight is 395 g/mol. The Labute approximate surface area is 173 Å². The van der Waals surface area contributed by atoms with E-state index in [9.17, 15) is 9.59 Å². The maximum atomic E-state index is 13.4. The quantitative estimate of drug-likeness (QED) is 0.417. The predicted molar refractivity (Wildman–Crippen MR) is 113 cm³/mol. The fourth-order valence-corrected chi connectivity index (χ4v) is 4.10. The number of carbonyl (C=O) groups excluding carboxylic acids is 2. The second kappa shape index (κ2) is 10.2. The van der Waals surface area contributed by atoms with Gasteiger partial charge in [0.2, 0.25) is 0 Å². The molecule has 0 N–H and O–H groups in total. The summed E-state index contributed by atoms with van der Waals surface area (Å²) in [5.41, 5.74) is 2.62. The molecule has 1 aliphatic carbocycles. The van der Waals surface area contributed by atoms with Crippen molar-refractivity contribution in [3.8, 4) is 5.75 Å². The van der Waals surface area contributed by atoms with Crippen LogP contribution < -0.4 is 4.74 Å². The van der Waals surface area contributed by atoms with Crippen LogP contribution in [0.4, 0.5) is 0 Å². The van der Waals surface area contributed by atoms with Crippen molar-refractivity contribution in [2.24, 2.45) is 5.92 Å². The first-order valence-corrected chi connectivity index (χ1v) is 10.5. The summed E-state index contributed by atoms with van der Waals surface area (Å²) < 4.78 is 10.8. The molecule has 0 aromatic heterocycles. The van der Waals surface area contributed by atoms with E-state index in [0.717, 1.165) is 16.9 Å². The summed E-state index contributed by atoms with van der Waals surface area (Å²) in [5, 5.41) is 0. The molecule has 0 heterocycles. The molecule has 1 fully saturated rings. The number of Topliss-reactive ketones (excluding diaryl/α,β-unsaturated/α-hetero) is 1. The zero-order valence-corrected chi connectivity index (χ0v) is 17.4. The summed E-state index contributed by atoms with van der Waals surface area (Å²) in [6, 6.07) is 15.3. The topological polar surface area (TPSA) is 52.6 Å². The lowest BCUT2D eigenvalue weighted by Crippen LogP contribution is -2.16. The van der Waals surface area contributed by atoms with Gasteiger partial charge in [-0.15, -0.1) is 0 Å². The Balaban J connectivity index is 1.78. The van der Waals surface area contributed by atoms with Crippen molar-refractivity contribution in [3.05, 3.63) is 65.2 Å². The highest BCUT2D eigenvalue weighted by Gasteiger charge is 2.25. The number of ketones is 1. The molecule has 1 saturated carbocycles. The normalized spacial score (nSPS) is 15.1. The summed E-state index contributed by atoms with van der Waals surface area (Å²) in [4.78, 5) is 25.1. The van der Waals surface area contributed by atoms with E-state index >= 15 is 0 Å². The first-order chi connectivity index (χ1) is 14.1. The number of methoxy groups -OCH3 is 1. The van der Waals surface area contributed by atoms with Gasteiger partial charge in [0, 0.05) is 17.9 Å². The first-order valence-electron chi connectivity index (χ1n) is 10.5. The largest absolute Gasteiger partial charge is 0.493 e. The van der Waals surface area contributed by atoms with Crippen LogP contribution in [0.3, 0.4) is 0 Å². The molecule has 29 heavy (non-hydrogen) atoms. The standard InChI is InChI=1S/C25H30O4/c1-18-8-3-6-13-22(18)23(14-15-24(26)28-2)25(27)20-11-7-12-21(16-20)29-17-19-9-4-5-10-19/h3,6-8,11-13,16,19,23H,4-5,9-10,14-15,17H2,1-2H3. The van der Waals surface area contributed by atoms with Gasteiger partial charge in [0.1, 0.15) is 5.75 Å². The predicted octanol–water partition coefficient (Wildman–Crippen LogP) is 5.48. The Hall–Kier alpha value is -2.62. The molecule has 0 bridgehead atoms. The zero-order chi connectivity index (χ0) is 20.6. The third-order valence-corrected chi connectivity index (χ3v) is 5.82. The molecular weight excluding hydrogens is 364 g/mol. The molecule has 2 aromatic carbocycles. The van der Waals surface area contributed by atoms with Gasteiger partial charge >= 0.3 is 5.97 Å². The zero-order valence-electron chi connectivity index (χ0n) is 17.4. The Morgan fingerprint density at radius 2 is 1.83 bits per heavy atom. The number of hydrogen-bond acceptors (Lipinski definition) is 4. The van der Waals surface area contributed by atoms with E-state index in [2.05, 4.69) is 0 Å². The van der Waals surface area contributed by atoms with Crippen molar-refractivity contribution in [1.29, 1.82) is 0 Å². The number of benzene rings is 2. The number of hydrogen-bond donors (Lipinski definition) is 0. The summed E-state index contributed by atoms with van der Waals surface area (Å²) in [7, 11) is 1.37. The maximum absolute atomic E-state index is 13.4. The van der Waals surface area contributed by atoms with Crippen LogP contribution in [0.15, 0.2) is 48.5 Å². The minimum Gasteiger partial charge on any atom is -0.493 e. The molecular formula is C25H30O4. The van der Waals surface area contributed by atoms with Crippen molar-refractivity contribution in [3.63, 3.8) is 0 Å². The van der Waals surface area contributed by atoms with Crippen molar-refractivity contribution >= 4 is 11.8 Å². The molecule has 0 radical (unpaired) electrons. The van der Waals surface area contributed by atoms with Crippen LogP contribution in [0.2, 0.25) is 0 Å². The van der Waals surface area contributed by atoms with Crippen LogP contribution in [-0.2, 0) is 9.53 Å². The third-order valence-electron chi connectivity index (χ3n) is 5.82. The fourth-order valence-electron chi connectivity index (χ4n) is 4.10. The SMILES string of the molecule is COC(=O)CCC(C(=O)c1cccc(OCC2CCCC2)c1)c1ccccc1C. The van der Waals surface area contributed by atoms with E-state index in [4.69, 9.17) is 9.47 Å². The lowest BCUT2D eigenvalue weighted by Gasteiger charge is -2.19. The number of ether oxygens (including phenoxy) is 2. The van der Waals surface area contributed by atoms with Crippen molar-refractivity contribution in [2.75, 3.05) is 13.7 Å². The number of rotatable bonds is 9. The van der Waals surface area contributed by atoms with Gasteiger partial charge in [0.15, 0.2) is 5.78 Å². The van der Waals surface area contributed by atoms with E-state index in [1.165, 1.54) is 32.8 Å². The van der Waals surface area contributed by atoms with Gasteiger partial charge in [-0.05, 0) is 55.4 Å². The second-order valence-corrected chi connectivity index (χ2v) is 7.88. The van der Waals surface area contributed by atoms with Crippen LogP contribution in [0.1, 0.15) is 65.9 Å². The maximum Gasteiger partial charge on any atom is 0.305 e. The molecule has 0 amide bonds. The van der Waals surface area contributed by atoms with Crippen LogP contribution in [0, 0.1) is 12.8 Å². The Morgan fingerprint density at radius 3 is 2.55 bits per heavy atom. The minimum atomic E-state index is -0.389. The lowest BCUT2D eigenvalue weighted by atomic mass is 9.85. The summed E-state index contributed by atoms with van der Waals surface area (Å²) in [5.74, 6) is 0.674. The monoisotopic (exact) mass is 394 g/mol. The third kappa shape index (κ3) is 5.69. The smallest absolute Gasteiger partial charge is 0.305 e. The van der Waals surface area contributed by atoms with Gasteiger partial charge in [0.25, 0.3) is 0 Å². The molecule has 154 valence electrons. The van der Waals surface area contributed by atoms with E-state index in [1.807, 2.05) is 55.5 Å². The molecule has 0 aliphatic heterocycles. The number of esters is 1. The Morgan fingerprint density at radius 1 is 1.07 bits per heavy atom. The highest BCUT2D eigenvalue weighted by Crippen LogP contribution is 2.30. The summed E-state index contributed by atoms with van der Waals surface area (Å²) in [6.07, 6.45) is 5.64. The second-order valence-electron chi connectivity index (χ2n) is 7.88.